The van der Waals surface area contributed by atoms with Crippen LogP contribution in [0, 0.1) is 0 Å². The Morgan fingerprint density at radius 1 is 1.35 bits per heavy atom. The molecule has 144 valence electrons. The van der Waals surface area contributed by atoms with Crippen molar-refractivity contribution in [3.05, 3.63) is 18.1 Å². The molecule has 0 amide bonds. The van der Waals surface area contributed by atoms with Crippen LogP contribution in [0.4, 0.5) is 5.69 Å². The van der Waals surface area contributed by atoms with Gasteiger partial charge in [0.2, 0.25) is 0 Å². The molecule has 0 bridgehead atoms. The van der Waals surface area contributed by atoms with E-state index in [2.05, 4.69) is 36.5 Å². The first-order valence-corrected chi connectivity index (χ1v) is 12.1. The largest absolute Gasteiger partial charge is 0.397 e. The maximum atomic E-state index is 10.7. The third kappa shape index (κ3) is 3.67. The lowest BCUT2D eigenvalue weighted by Crippen LogP contribution is -2.32. The number of hydrogen-bond acceptors (Lipinski definition) is 6. The van der Waals surface area contributed by atoms with E-state index in [1.165, 1.54) is 0 Å². The number of nitrogens with two attached hydrogens (primary N) is 1. The maximum absolute atomic E-state index is 10.7. The van der Waals surface area contributed by atoms with Gasteiger partial charge in [-0.05, 0) is 38.4 Å². The van der Waals surface area contributed by atoms with Gasteiger partial charge in [0.15, 0.2) is 11.9 Å². The van der Waals surface area contributed by atoms with Crippen molar-refractivity contribution in [2.45, 2.75) is 50.7 Å². The van der Waals surface area contributed by atoms with Crippen molar-refractivity contribution in [1.29, 1.82) is 0 Å². The van der Waals surface area contributed by atoms with Crippen LogP contribution < -0.4 is 5.73 Å². The minimum absolute atomic E-state index is 0.427. The van der Waals surface area contributed by atoms with Crippen molar-refractivity contribution in [2.24, 2.45) is 0 Å². The number of anilines is 1. The normalized spacial score (nSPS) is 26.7. The summed E-state index contributed by atoms with van der Waals surface area (Å²) in [6.45, 7) is 5.13. The fraction of sp³-hybridized carbons (Fsp3) is 0.611. The quantitative estimate of drug-likeness (QED) is 0.659. The van der Waals surface area contributed by atoms with Gasteiger partial charge in [-0.3, -0.25) is 4.57 Å². The second kappa shape index (κ2) is 7.31. The van der Waals surface area contributed by atoms with E-state index in [0.717, 1.165) is 18.4 Å². The van der Waals surface area contributed by atoms with Crippen LogP contribution in [-0.2, 0) is 11.2 Å². The molecule has 0 radical (unpaired) electrons. The molecule has 0 spiro atoms. The molecule has 1 aliphatic heterocycles. The van der Waals surface area contributed by atoms with E-state index in [9.17, 15) is 10.2 Å². The second-order valence-corrected chi connectivity index (χ2v) is 12.0. The number of aliphatic hydroxyl groups is 2. The summed E-state index contributed by atoms with van der Waals surface area (Å²) in [5, 5.41) is 21.2. The standard InChI is InChI=1S/C18H29N4O3P/c1-5-6-13-21-14-11(19)7-9-20-17(14)22(13)18-16(24)15(23)12(25-18)8-10-26(2,3)4/h7,9,12,15-16,18,23-24H,2,5-6,8,10H2,1,3-4H3,(H2,19,20)/t12?,15-,16-,18-/m1/s1. The molecule has 1 fully saturated rings. The Bertz CT molecular complexity index is 831. The number of rotatable bonds is 6. The predicted octanol–water partition coefficient (Wildman–Crippen LogP) is 1.68. The monoisotopic (exact) mass is 380 g/mol. The molecule has 2 aromatic heterocycles. The van der Waals surface area contributed by atoms with Crippen LogP contribution in [0.1, 0.15) is 31.8 Å². The van der Waals surface area contributed by atoms with E-state index >= 15 is 0 Å². The summed E-state index contributed by atoms with van der Waals surface area (Å²) in [4.78, 5) is 9.02. The van der Waals surface area contributed by atoms with Crippen molar-refractivity contribution in [2.75, 3.05) is 25.2 Å². The number of nitrogens with zero attached hydrogens (tertiary/aromatic N) is 3. The third-order valence-electron chi connectivity index (χ3n) is 4.77. The zero-order valence-electron chi connectivity index (χ0n) is 15.7. The van der Waals surface area contributed by atoms with Crippen LogP contribution in [0.5, 0.6) is 0 Å². The fourth-order valence-electron chi connectivity index (χ4n) is 3.38. The lowest BCUT2D eigenvalue weighted by atomic mass is 10.1. The molecule has 1 saturated heterocycles. The molecule has 0 aromatic carbocycles. The van der Waals surface area contributed by atoms with Crippen LogP contribution in [0.25, 0.3) is 11.2 Å². The first-order chi connectivity index (χ1) is 12.2. The van der Waals surface area contributed by atoms with Crippen molar-refractivity contribution < 1.29 is 14.9 Å². The van der Waals surface area contributed by atoms with E-state index < -0.39 is 31.4 Å². The SMILES string of the molecule is C=P(C)(C)CCC1O[C@@H](n2c(CCC)nc3c(N)ccnc32)[C@H](O)[C@@H]1O. The molecule has 4 atom stereocenters. The number of pyridine rings is 1. The molecular weight excluding hydrogens is 351 g/mol. The van der Waals surface area contributed by atoms with Gasteiger partial charge in [-0.25, -0.2) is 9.97 Å². The topological polar surface area (TPSA) is 106 Å². The number of imidazole rings is 1. The molecule has 3 heterocycles. The second-order valence-electron chi connectivity index (χ2n) is 7.71. The Morgan fingerprint density at radius 3 is 2.73 bits per heavy atom. The highest BCUT2D eigenvalue weighted by Crippen LogP contribution is 2.40. The van der Waals surface area contributed by atoms with Gasteiger partial charge in [0.1, 0.15) is 23.5 Å². The third-order valence-corrected chi connectivity index (χ3v) is 6.24. The van der Waals surface area contributed by atoms with Crippen molar-refractivity contribution in [3.63, 3.8) is 0 Å². The molecule has 8 heteroatoms. The maximum Gasteiger partial charge on any atom is 0.165 e. The highest BCUT2D eigenvalue weighted by atomic mass is 31.2. The van der Waals surface area contributed by atoms with Crippen molar-refractivity contribution in [3.8, 4) is 0 Å². The Balaban J connectivity index is 1.96. The lowest BCUT2D eigenvalue weighted by Gasteiger charge is -2.20. The first-order valence-electron chi connectivity index (χ1n) is 9.03. The minimum atomic E-state index is -1.23. The van der Waals surface area contributed by atoms with Crippen LogP contribution in [0.15, 0.2) is 12.3 Å². The van der Waals surface area contributed by atoms with Gasteiger partial charge in [-0.2, -0.15) is 0 Å². The van der Waals surface area contributed by atoms with Crippen LogP contribution in [0.2, 0.25) is 0 Å². The number of hydrogen-bond donors (Lipinski definition) is 3. The number of fused-ring (bicyclic) bond motifs is 1. The Labute approximate surface area is 154 Å². The first kappa shape index (κ1) is 19.4. The predicted molar refractivity (Wildman–Crippen MR) is 107 cm³/mol. The van der Waals surface area contributed by atoms with E-state index in [-0.39, 0.29) is 0 Å². The summed E-state index contributed by atoms with van der Waals surface area (Å²) < 4.78 is 7.89. The molecule has 2 aromatic rings. The van der Waals surface area contributed by atoms with E-state index in [0.29, 0.717) is 29.7 Å². The summed E-state index contributed by atoms with van der Waals surface area (Å²) in [5.74, 6) is 0.759. The number of aliphatic hydroxyl groups excluding tert-OH is 2. The average molecular weight is 380 g/mol. The molecule has 7 nitrogen and oxygen atoms in total. The van der Waals surface area contributed by atoms with E-state index in [4.69, 9.17) is 10.5 Å². The van der Waals surface area contributed by atoms with Gasteiger partial charge in [0.25, 0.3) is 0 Å². The van der Waals surface area contributed by atoms with Gasteiger partial charge in [0.05, 0.1) is 11.8 Å². The van der Waals surface area contributed by atoms with Gasteiger partial charge < -0.3 is 20.7 Å². The molecular formula is C18H29N4O3P. The number of nitrogen functional groups attached to an aromatic ring is 1. The minimum Gasteiger partial charge on any atom is -0.397 e. The number of aryl methyl sites for hydroxylation is 1. The van der Waals surface area contributed by atoms with Crippen molar-refractivity contribution >= 4 is 30.0 Å². The summed E-state index contributed by atoms with van der Waals surface area (Å²) in [6.07, 6.45) is 5.86. The molecule has 0 saturated carbocycles. The number of ether oxygens (including phenoxy) is 1. The molecule has 1 unspecified atom stereocenters. The smallest absolute Gasteiger partial charge is 0.165 e. The Morgan fingerprint density at radius 2 is 2.08 bits per heavy atom. The zero-order valence-corrected chi connectivity index (χ0v) is 16.6. The average Bonchev–Trinajstić information content (AvgIpc) is 3.05. The molecule has 3 rings (SSSR count). The van der Waals surface area contributed by atoms with Gasteiger partial charge in [-0.1, -0.05) is 6.92 Å². The molecule has 4 N–H and O–H groups in total. The van der Waals surface area contributed by atoms with E-state index in [1.807, 2.05) is 0 Å². The molecule has 0 aliphatic carbocycles. The fourth-order valence-corrected chi connectivity index (χ4v) is 4.33. The Hall–Kier alpha value is -1.40. The summed E-state index contributed by atoms with van der Waals surface area (Å²) in [7, 11) is 0. The molecule has 26 heavy (non-hydrogen) atoms. The van der Waals surface area contributed by atoms with E-state index in [1.54, 1.807) is 16.8 Å². The molecule has 1 aliphatic rings. The van der Waals surface area contributed by atoms with Crippen LogP contribution in [-0.4, -0.2) is 68.9 Å². The lowest BCUT2D eigenvalue weighted by molar-refractivity contribution is -0.0368. The van der Waals surface area contributed by atoms with Gasteiger partial charge >= 0.3 is 0 Å². The van der Waals surface area contributed by atoms with Crippen molar-refractivity contribution in [1.82, 2.24) is 14.5 Å². The summed E-state index contributed by atoms with van der Waals surface area (Å²) >= 11 is 0. The van der Waals surface area contributed by atoms with Crippen LogP contribution >= 0.6 is 6.89 Å². The summed E-state index contributed by atoms with van der Waals surface area (Å²) in [6, 6.07) is 1.71. The van der Waals surface area contributed by atoms with Gasteiger partial charge in [-0.15, -0.1) is 13.2 Å². The highest BCUT2D eigenvalue weighted by molar-refractivity contribution is 7.72. The number of aromatic nitrogens is 3. The van der Waals surface area contributed by atoms with Gasteiger partial charge in [0, 0.05) is 12.6 Å². The highest BCUT2D eigenvalue weighted by Gasteiger charge is 2.44. The zero-order chi connectivity index (χ0) is 19.1. The Kier molecular flexibility index (Phi) is 5.45. The van der Waals surface area contributed by atoms with Crippen LogP contribution in [0.3, 0.4) is 0 Å². The summed E-state index contributed by atoms with van der Waals surface area (Å²) in [5.41, 5.74) is 7.77.